The van der Waals surface area contributed by atoms with E-state index >= 15 is 0 Å². The largest absolute Gasteiger partial charge is 0.477 e. The molecule has 0 aliphatic rings. The number of aromatic carboxylic acids is 1. The maximum atomic E-state index is 10.7. The molecule has 0 aliphatic carbocycles. The summed E-state index contributed by atoms with van der Waals surface area (Å²) in [4.78, 5) is 12.1. The van der Waals surface area contributed by atoms with Crippen molar-refractivity contribution in [2.45, 2.75) is 13.0 Å². The molecule has 0 atom stereocenters. The topological polar surface area (TPSA) is 67.2 Å². The SMILES string of the molecule is Cn1ccc(CCNCc2ccc(C(=O)O)s2)n1. The summed E-state index contributed by atoms with van der Waals surface area (Å²) in [6.45, 7) is 1.53. The molecule has 2 heterocycles. The zero-order chi connectivity index (χ0) is 13.0. The Kier molecular flexibility index (Phi) is 4.11. The summed E-state index contributed by atoms with van der Waals surface area (Å²) in [6.07, 6.45) is 2.80. The molecule has 0 amide bonds. The Morgan fingerprint density at radius 3 is 2.94 bits per heavy atom. The summed E-state index contributed by atoms with van der Waals surface area (Å²) in [5, 5.41) is 16.4. The van der Waals surface area contributed by atoms with Crippen molar-refractivity contribution in [3.8, 4) is 0 Å². The van der Waals surface area contributed by atoms with Crippen molar-refractivity contribution < 1.29 is 9.90 Å². The van der Waals surface area contributed by atoms with Gasteiger partial charge in [-0.15, -0.1) is 11.3 Å². The molecule has 96 valence electrons. The van der Waals surface area contributed by atoms with Gasteiger partial charge in [-0.05, 0) is 18.2 Å². The van der Waals surface area contributed by atoms with Gasteiger partial charge in [-0.25, -0.2) is 4.79 Å². The van der Waals surface area contributed by atoms with Crippen molar-refractivity contribution in [1.29, 1.82) is 0 Å². The first-order valence-corrected chi connectivity index (χ1v) is 6.48. The molecule has 0 aromatic carbocycles. The Bertz CT molecular complexity index is 533. The van der Waals surface area contributed by atoms with E-state index in [0.717, 1.165) is 23.5 Å². The van der Waals surface area contributed by atoms with Crippen molar-refractivity contribution in [1.82, 2.24) is 15.1 Å². The number of nitrogens with zero attached hydrogens (tertiary/aromatic N) is 2. The number of carboxylic acids is 1. The second-order valence-electron chi connectivity index (χ2n) is 3.98. The Morgan fingerprint density at radius 1 is 1.50 bits per heavy atom. The predicted octanol–water partition coefficient (Wildman–Crippen LogP) is 1.51. The predicted molar refractivity (Wildman–Crippen MR) is 69.9 cm³/mol. The van der Waals surface area contributed by atoms with E-state index in [9.17, 15) is 4.79 Å². The molecule has 0 saturated heterocycles. The number of aryl methyl sites for hydroxylation is 1. The van der Waals surface area contributed by atoms with Crippen molar-refractivity contribution in [3.05, 3.63) is 39.8 Å². The monoisotopic (exact) mass is 265 g/mol. The summed E-state index contributed by atoms with van der Waals surface area (Å²) in [7, 11) is 1.90. The molecule has 0 fully saturated rings. The van der Waals surface area contributed by atoms with Gasteiger partial charge in [0.2, 0.25) is 0 Å². The molecule has 2 aromatic heterocycles. The van der Waals surface area contributed by atoms with E-state index in [-0.39, 0.29) is 0 Å². The second kappa shape index (κ2) is 5.79. The maximum Gasteiger partial charge on any atom is 0.345 e. The number of carbonyl (C=O) groups is 1. The van der Waals surface area contributed by atoms with Crippen LogP contribution in [0.2, 0.25) is 0 Å². The third-order valence-electron chi connectivity index (χ3n) is 2.50. The van der Waals surface area contributed by atoms with E-state index in [0.29, 0.717) is 11.4 Å². The third-order valence-corrected chi connectivity index (χ3v) is 3.57. The van der Waals surface area contributed by atoms with Crippen LogP contribution in [-0.4, -0.2) is 27.4 Å². The Balaban J connectivity index is 1.73. The lowest BCUT2D eigenvalue weighted by Gasteiger charge is -2.00. The van der Waals surface area contributed by atoms with Crippen LogP contribution in [-0.2, 0) is 20.0 Å². The minimum absolute atomic E-state index is 0.386. The van der Waals surface area contributed by atoms with Crippen molar-refractivity contribution in [3.63, 3.8) is 0 Å². The van der Waals surface area contributed by atoms with Crippen LogP contribution < -0.4 is 5.32 Å². The van der Waals surface area contributed by atoms with Gasteiger partial charge in [0.15, 0.2) is 0 Å². The van der Waals surface area contributed by atoms with Gasteiger partial charge in [0, 0.05) is 37.6 Å². The summed E-state index contributed by atoms with van der Waals surface area (Å²) < 4.78 is 1.79. The fourth-order valence-corrected chi connectivity index (χ4v) is 2.43. The molecule has 0 radical (unpaired) electrons. The van der Waals surface area contributed by atoms with Gasteiger partial charge in [0.1, 0.15) is 4.88 Å². The molecule has 2 aromatic rings. The van der Waals surface area contributed by atoms with E-state index in [1.165, 1.54) is 11.3 Å². The molecule has 0 spiro atoms. The minimum atomic E-state index is -0.861. The molecule has 6 heteroatoms. The average molecular weight is 265 g/mol. The molecule has 2 N–H and O–H groups in total. The van der Waals surface area contributed by atoms with Gasteiger partial charge in [0.05, 0.1) is 5.69 Å². The Hall–Kier alpha value is -1.66. The Labute approximate surface area is 109 Å². The lowest BCUT2D eigenvalue weighted by molar-refractivity contribution is 0.0702. The maximum absolute atomic E-state index is 10.7. The zero-order valence-corrected chi connectivity index (χ0v) is 10.9. The van der Waals surface area contributed by atoms with Gasteiger partial charge >= 0.3 is 5.97 Å². The first-order chi connectivity index (χ1) is 8.65. The summed E-state index contributed by atoms with van der Waals surface area (Å²) >= 11 is 1.31. The number of nitrogens with one attached hydrogen (secondary N) is 1. The first-order valence-electron chi connectivity index (χ1n) is 5.66. The normalized spacial score (nSPS) is 10.7. The Morgan fingerprint density at radius 2 is 2.33 bits per heavy atom. The summed E-state index contributed by atoms with van der Waals surface area (Å²) in [6, 6.07) is 5.49. The van der Waals surface area contributed by atoms with Crippen LogP contribution in [0.25, 0.3) is 0 Å². The summed E-state index contributed by atoms with van der Waals surface area (Å²) in [5.41, 5.74) is 1.06. The second-order valence-corrected chi connectivity index (χ2v) is 5.15. The van der Waals surface area contributed by atoms with Crippen molar-refractivity contribution >= 4 is 17.3 Å². The fraction of sp³-hybridized carbons (Fsp3) is 0.333. The van der Waals surface area contributed by atoms with Crippen molar-refractivity contribution in [2.75, 3.05) is 6.54 Å². The highest BCUT2D eigenvalue weighted by Gasteiger charge is 2.06. The molecule has 0 unspecified atom stereocenters. The van der Waals surface area contributed by atoms with Crippen LogP contribution >= 0.6 is 11.3 Å². The number of aromatic nitrogens is 2. The van der Waals surface area contributed by atoms with Gasteiger partial charge in [-0.3, -0.25) is 4.68 Å². The minimum Gasteiger partial charge on any atom is -0.477 e. The molecule has 18 heavy (non-hydrogen) atoms. The van der Waals surface area contributed by atoms with E-state index in [1.807, 2.05) is 25.4 Å². The van der Waals surface area contributed by atoms with Crippen molar-refractivity contribution in [2.24, 2.45) is 7.05 Å². The van der Waals surface area contributed by atoms with Crippen LogP contribution in [0.3, 0.4) is 0 Å². The van der Waals surface area contributed by atoms with Crippen LogP contribution in [0.4, 0.5) is 0 Å². The number of thiophene rings is 1. The van der Waals surface area contributed by atoms with Gasteiger partial charge in [-0.2, -0.15) is 5.10 Å². The van der Waals surface area contributed by atoms with E-state index in [2.05, 4.69) is 10.4 Å². The van der Waals surface area contributed by atoms with Crippen LogP contribution in [0.5, 0.6) is 0 Å². The molecule has 2 rings (SSSR count). The fourth-order valence-electron chi connectivity index (χ4n) is 1.61. The van der Waals surface area contributed by atoms with Gasteiger partial charge < -0.3 is 10.4 Å². The molecule has 5 nitrogen and oxygen atoms in total. The van der Waals surface area contributed by atoms with Crippen LogP contribution in [0.15, 0.2) is 24.4 Å². The molecule has 0 aliphatic heterocycles. The number of carboxylic acid groups (broad SMARTS) is 1. The third kappa shape index (κ3) is 3.41. The highest BCUT2D eigenvalue weighted by molar-refractivity contribution is 7.13. The molecule has 0 bridgehead atoms. The number of rotatable bonds is 6. The quantitative estimate of drug-likeness (QED) is 0.777. The zero-order valence-electron chi connectivity index (χ0n) is 10.1. The average Bonchev–Trinajstić information content (AvgIpc) is 2.93. The smallest absolute Gasteiger partial charge is 0.345 e. The lowest BCUT2D eigenvalue weighted by atomic mass is 10.3. The molecular weight excluding hydrogens is 250 g/mol. The lowest BCUT2D eigenvalue weighted by Crippen LogP contribution is -2.16. The van der Waals surface area contributed by atoms with E-state index in [4.69, 9.17) is 5.11 Å². The molecule has 0 saturated carbocycles. The van der Waals surface area contributed by atoms with Crippen LogP contribution in [0, 0.1) is 0 Å². The molecular formula is C12H15N3O2S. The number of hydrogen-bond acceptors (Lipinski definition) is 4. The highest BCUT2D eigenvalue weighted by Crippen LogP contribution is 2.15. The van der Waals surface area contributed by atoms with E-state index in [1.54, 1.807) is 10.7 Å². The van der Waals surface area contributed by atoms with Gasteiger partial charge in [-0.1, -0.05) is 0 Å². The van der Waals surface area contributed by atoms with Crippen LogP contribution in [0.1, 0.15) is 20.2 Å². The van der Waals surface area contributed by atoms with Gasteiger partial charge in [0.25, 0.3) is 0 Å². The highest BCUT2D eigenvalue weighted by atomic mass is 32.1. The summed E-state index contributed by atoms with van der Waals surface area (Å²) in [5.74, 6) is -0.861. The first kappa shape index (κ1) is 12.8. The van der Waals surface area contributed by atoms with E-state index < -0.39 is 5.97 Å². The number of hydrogen-bond donors (Lipinski definition) is 2. The standard InChI is InChI=1S/C12H15N3O2S/c1-15-7-5-9(14-15)4-6-13-8-10-2-3-11(18-10)12(16)17/h2-3,5,7,13H,4,6,8H2,1H3,(H,16,17).